The standard InChI is InChI=1S/2C20H27N3O4S.CH4/c2*1-15-6-8-19(9-7-15)28(24,25)22-21-20(10-11-23(2)3)16-12-17(26-4)14-18(13-16)27-5;/h2*6-9,12-14,22H,10-11H2,1-5H3;1H4/b21-20+;21-20-;. The second kappa shape index (κ2) is 22.5. The van der Waals surface area contributed by atoms with E-state index in [0.717, 1.165) is 22.3 Å². The Labute approximate surface area is 339 Å². The molecule has 0 fully saturated rings. The SMILES string of the molecule is C.COc1cc(OC)cc(/C(CCN(C)C)=N/NS(=O)(=O)c2ccc(C)cc2)c1.COc1cc(OC)cc(/C(CCN(C)C)=N\NS(=O)(=O)c2ccc(C)cc2)c1. The fourth-order valence-corrected chi connectivity index (χ4v) is 6.57. The molecule has 14 nitrogen and oxygen atoms in total. The van der Waals surface area contributed by atoms with Crippen LogP contribution in [0.1, 0.15) is 42.5 Å². The Kier molecular flexibility index (Phi) is 19.0. The Morgan fingerprint density at radius 3 is 1.05 bits per heavy atom. The minimum atomic E-state index is -3.76. The highest BCUT2D eigenvalue weighted by Gasteiger charge is 2.17. The predicted molar refractivity (Wildman–Crippen MR) is 228 cm³/mol. The van der Waals surface area contributed by atoms with Gasteiger partial charge in [-0.25, -0.2) is 0 Å². The van der Waals surface area contributed by atoms with E-state index in [1.165, 1.54) is 0 Å². The predicted octanol–water partition coefficient (Wildman–Crippen LogP) is 5.93. The van der Waals surface area contributed by atoms with Crippen LogP contribution in [0.5, 0.6) is 23.0 Å². The lowest BCUT2D eigenvalue weighted by Gasteiger charge is -2.14. The third-order valence-electron chi connectivity index (χ3n) is 8.23. The number of nitrogens with zero attached hydrogens (tertiary/aromatic N) is 4. The van der Waals surface area contributed by atoms with E-state index in [-0.39, 0.29) is 17.2 Å². The molecule has 57 heavy (non-hydrogen) atoms. The monoisotopic (exact) mass is 826 g/mol. The van der Waals surface area contributed by atoms with E-state index in [2.05, 4.69) is 19.9 Å². The van der Waals surface area contributed by atoms with Gasteiger partial charge in [-0.05, 0) is 90.6 Å². The quantitative estimate of drug-likeness (QED) is 0.0910. The molecule has 4 aromatic rings. The lowest BCUT2D eigenvalue weighted by atomic mass is 10.1. The van der Waals surface area contributed by atoms with Gasteiger partial charge < -0.3 is 28.7 Å². The largest absolute Gasteiger partial charge is 0.497 e. The van der Waals surface area contributed by atoms with Gasteiger partial charge >= 0.3 is 0 Å². The molecule has 16 heteroatoms. The van der Waals surface area contributed by atoms with E-state index < -0.39 is 20.0 Å². The van der Waals surface area contributed by atoms with Gasteiger partial charge in [0.1, 0.15) is 23.0 Å². The smallest absolute Gasteiger partial charge is 0.276 e. The van der Waals surface area contributed by atoms with Crippen LogP contribution in [0.15, 0.2) is 105 Å². The second-order valence-corrected chi connectivity index (χ2v) is 16.6. The lowest BCUT2D eigenvalue weighted by molar-refractivity contribution is 0.394. The third kappa shape index (κ3) is 15.4. The van der Waals surface area contributed by atoms with Crippen LogP contribution in [0.3, 0.4) is 0 Å². The molecule has 312 valence electrons. The second-order valence-electron chi connectivity index (χ2n) is 13.2. The Bertz CT molecular complexity index is 1960. The number of methoxy groups -OCH3 is 4. The van der Waals surface area contributed by atoms with Crippen molar-refractivity contribution in [1.29, 1.82) is 0 Å². The van der Waals surface area contributed by atoms with Crippen LogP contribution in [-0.2, 0) is 20.0 Å². The van der Waals surface area contributed by atoms with Crippen molar-refractivity contribution < 1.29 is 35.8 Å². The topological polar surface area (TPSA) is 160 Å². The normalized spacial score (nSPS) is 11.9. The van der Waals surface area contributed by atoms with Gasteiger partial charge in [-0.2, -0.15) is 36.7 Å². The molecule has 0 amide bonds. The van der Waals surface area contributed by atoms with Crippen molar-refractivity contribution in [2.24, 2.45) is 10.2 Å². The molecule has 0 aliphatic heterocycles. The number of nitrogens with one attached hydrogen (secondary N) is 2. The van der Waals surface area contributed by atoms with E-state index in [9.17, 15) is 16.8 Å². The van der Waals surface area contributed by atoms with Crippen molar-refractivity contribution in [2.45, 2.75) is 43.9 Å². The molecular weight excluding hydrogens is 769 g/mol. The highest BCUT2D eigenvalue weighted by Crippen LogP contribution is 2.25. The average molecular weight is 827 g/mol. The van der Waals surface area contributed by atoms with Crippen molar-refractivity contribution in [3.63, 3.8) is 0 Å². The summed E-state index contributed by atoms with van der Waals surface area (Å²) in [5.41, 5.74) is 4.59. The summed E-state index contributed by atoms with van der Waals surface area (Å²) in [7, 11) is 6.51. The molecule has 4 rings (SSSR count). The van der Waals surface area contributed by atoms with Crippen LogP contribution in [0.25, 0.3) is 0 Å². The molecular formula is C41H58N6O8S2. The summed E-state index contributed by atoms with van der Waals surface area (Å²) in [5, 5.41) is 8.46. The number of hydrogen-bond acceptors (Lipinski definition) is 12. The first-order valence-corrected chi connectivity index (χ1v) is 20.5. The molecule has 0 aliphatic rings. The van der Waals surface area contributed by atoms with Gasteiger partial charge in [0.2, 0.25) is 0 Å². The zero-order valence-electron chi connectivity index (χ0n) is 33.8. The Morgan fingerprint density at radius 1 is 0.526 bits per heavy atom. The number of hydrazone groups is 2. The maximum atomic E-state index is 12.6. The molecule has 0 radical (unpaired) electrons. The molecule has 0 saturated carbocycles. The van der Waals surface area contributed by atoms with Crippen LogP contribution in [-0.4, -0.2) is 108 Å². The van der Waals surface area contributed by atoms with Crippen molar-refractivity contribution in [3.05, 3.63) is 107 Å². The zero-order valence-corrected chi connectivity index (χ0v) is 35.4. The highest BCUT2D eigenvalue weighted by atomic mass is 32.2. The van der Waals surface area contributed by atoms with Crippen LogP contribution in [0, 0.1) is 13.8 Å². The summed E-state index contributed by atoms with van der Waals surface area (Å²) in [6.07, 6.45) is 1.08. The first-order chi connectivity index (χ1) is 26.5. The maximum Gasteiger partial charge on any atom is 0.276 e. The third-order valence-corrected chi connectivity index (χ3v) is 10.7. The zero-order chi connectivity index (χ0) is 41.5. The number of aryl methyl sites for hydroxylation is 2. The Hall–Kier alpha value is -5.16. The molecule has 0 unspecified atom stereocenters. The molecule has 0 aliphatic carbocycles. The van der Waals surface area contributed by atoms with Crippen molar-refractivity contribution >= 4 is 31.5 Å². The molecule has 0 heterocycles. The van der Waals surface area contributed by atoms with E-state index in [0.29, 0.717) is 60.4 Å². The molecule has 0 bridgehead atoms. The van der Waals surface area contributed by atoms with E-state index in [4.69, 9.17) is 18.9 Å². The summed E-state index contributed by atoms with van der Waals surface area (Å²) in [5.74, 6) is 2.42. The summed E-state index contributed by atoms with van der Waals surface area (Å²) in [4.78, 5) is 9.03. The summed E-state index contributed by atoms with van der Waals surface area (Å²) in [6.45, 7) is 5.20. The van der Waals surface area contributed by atoms with Gasteiger partial charge in [0.15, 0.2) is 0 Å². The van der Waals surface area contributed by atoms with Crippen LogP contribution < -0.4 is 28.6 Å². The van der Waals surface area contributed by atoms with Crippen LogP contribution >= 0.6 is 0 Å². The lowest BCUT2D eigenvalue weighted by Crippen LogP contribution is -2.23. The summed E-state index contributed by atoms with van der Waals surface area (Å²) in [6, 6.07) is 23.9. The van der Waals surface area contributed by atoms with Crippen molar-refractivity contribution in [2.75, 3.05) is 69.7 Å². The number of hydrogen-bond donors (Lipinski definition) is 2. The van der Waals surface area contributed by atoms with Crippen LogP contribution in [0.2, 0.25) is 0 Å². The Morgan fingerprint density at radius 2 is 0.807 bits per heavy atom. The summed E-state index contributed by atoms with van der Waals surface area (Å²) < 4.78 is 71.6. The van der Waals surface area contributed by atoms with E-state index >= 15 is 0 Å². The fraction of sp³-hybridized carbons (Fsp3) is 0.366. The van der Waals surface area contributed by atoms with Crippen molar-refractivity contribution in [3.8, 4) is 23.0 Å². The minimum absolute atomic E-state index is 0. The van der Waals surface area contributed by atoms with Gasteiger partial charge in [0, 0.05) is 49.2 Å². The molecule has 0 spiro atoms. The average Bonchev–Trinajstić information content (AvgIpc) is 3.17. The molecule has 0 atom stereocenters. The van der Waals surface area contributed by atoms with E-state index in [1.54, 1.807) is 113 Å². The van der Waals surface area contributed by atoms with Crippen LogP contribution in [0.4, 0.5) is 0 Å². The molecule has 4 aromatic carbocycles. The van der Waals surface area contributed by atoms with Gasteiger partial charge in [0.25, 0.3) is 20.0 Å². The molecule has 2 N–H and O–H groups in total. The fourth-order valence-electron chi connectivity index (χ4n) is 4.91. The highest BCUT2D eigenvalue weighted by molar-refractivity contribution is 7.89. The first-order valence-electron chi connectivity index (χ1n) is 17.6. The van der Waals surface area contributed by atoms with Gasteiger partial charge in [-0.3, -0.25) is 0 Å². The summed E-state index contributed by atoms with van der Waals surface area (Å²) >= 11 is 0. The van der Waals surface area contributed by atoms with Crippen molar-refractivity contribution in [1.82, 2.24) is 19.5 Å². The van der Waals surface area contributed by atoms with Gasteiger partial charge in [-0.15, -0.1) is 0 Å². The first kappa shape index (κ1) is 48.0. The minimum Gasteiger partial charge on any atom is -0.497 e. The number of sulfonamides is 2. The van der Waals surface area contributed by atoms with E-state index in [1.807, 2.05) is 51.8 Å². The molecule has 0 saturated heterocycles. The van der Waals surface area contributed by atoms with Gasteiger partial charge in [-0.1, -0.05) is 42.8 Å². The maximum absolute atomic E-state index is 12.6. The number of rotatable bonds is 18. The number of ether oxygens (including phenoxy) is 4. The van der Waals surface area contributed by atoms with Gasteiger partial charge in [0.05, 0.1) is 49.7 Å². The Balaban J connectivity index is 0.000000387. The molecule has 0 aromatic heterocycles. The number of benzene rings is 4.